The second-order valence-electron chi connectivity index (χ2n) is 5.12. The summed E-state index contributed by atoms with van der Waals surface area (Å²) in [5, 5.41) is 2.54. The number of carbonyl (C=O) groups excluding carboxylic acids is 2. The predicted octanol–water partition coefficient (Wildman–Crippen LogP) is 3.22. The molecule has 1 N–H and O–H groups in total. The molecule has 1 aromatic carbocycles. The third-order valence-electron chi connectivity index (χ3n) is 2.81. The van der Waals surface area contributed by atoms with Crippen LogP contribution in [0.2, 0.25) is 0 Å². The van der Waals surface area contributed by atoms with Gasteiger partial charge < -0.3 is 9.47 Å². The van der Waals surface area contributed by atoms with Crippen molar-refractivity contribution in [2.75, 3.05) is 17.8 Å². The Hall–Kier alpha value is -1.75. The number of ketones is 1. The minimum atomic E-state index is -0.602. The Morgan fingerprint density at radius 2 is 2.25 bits per heavy atom. The molecule has 2 rings (SSSR count). The highest BCUT2D eigenvalue weighted by Gasteiger charge is 2.32. The fourth-order valence-corrected chi connectivity index (χ4v) is 2.09. The zero-order chi connectivity index (χ0) is 14.8. The van der Waals surface area contributed by atoms with E-state index < -0.39 is 11.7 Å². The van der Waals surface area contributed by atoms with E-state index in [2.05, 4.69) is 5.32 Å². The highest BCUT2D eigenvalue weighted by molar-refractivity contribution is 6.18. The van der Waals surface area contributed by atoms with Crippen LogP contribution in [0.15, 0.2) is 18.2 Å². The van der Waals surface area contributed by atoms with Gasteiger partial charge in [-0.1, -0.05) is 0 Å². The van der Waals surface area contributed by atoms with Gasteiger partial charge in [0.05, 0.1) is 17.9 Å². The van der Waals surface area contributed by atoms with Crippen molar-refractivity contribution >= 4 is 29.2 Å². The summed E-state index contributed by atoms with van der Waals surface area (Å²) in [5.41, 5.74) is 0.456. The van der Waals surface area contributed by atoms with Crippen molar-refractivity contribution in [3.05, 3.63) is 23.8 Å². The predicted molar refractivity (Wildman–Crippen MR) is 75.8 cm³/mol. The maximum Gasteiger partial charge on any atom is 0.411 e. The third kappa shape index (κ3) is 3.42. The zero-order valence-electron chi connectivity index (χ0n) is 11.4. The second kappa shape index (κ2) is 5.71. The van der Waals surface area contributed by atoms with E-state index >= 15 is 0 Å². The molecule has 0 atom stereocenters. The first-order chi connectivity index (χ1) is 9.41. The van der Waals surface area contributed by atoms with Gasteiger partial charge in [0, 0.05) is 5.69 Å². The summed E-state index contributed by atoms with van der Waals surface area (Å²) in [7, 11) is 0. The van der Waals surface area contributed by atoms with E-state index in [4.69, 9.17) is 21.1 Å². The number of ether oxygens (including phenoxy) is 2. The molecule has 1 heterocycles. The minimum absolute atomic E-state index is 0.00553. The number of carbonyl (C=O) groups is 2. The lowest BCUT2D eigenvalue weighted by Crippen LogP contribution is -2.35. The first-order valence-electron chi connectivity index (χ1n) is 6.27. The van der Waals surface area contributed by atoms with Crippen LogP contribution in [-0.4, -0.2) is 30.0 Å². The van der Waals surface area contributed by atoms with Crippen LogP contribution in [0.5, 0.6) is 5.75 Å². The average Bonchev–Trinajstić information content (AvgIpc) is 2.36. The molecule has 0 saturated carbocycles. The molecule has 1 aliphatic heterocycles. The molecule has 0 spiro atoms. The molecule has 1 aromatic rings. The van der Waals surface area contributed by atoms with Crippen LogP contribution in [-0.2, 0) is 4.74 Å². The Morgan fingerprint density at radius 1 is 1.50 bits per heavy atom. The van der Waals surface area contributed by atoms with E-state index in [1.165, 1.54) is 0 Å². The average molecular weight is 298 g/mol. The topological polar surface area (TPSA) is 64.6 Å². The molecule has 0 aromatic heterocycles. The van der Waals surface area contributed by atoms with Crippen LogP contribution >= 0.6 is 11.6 Å². The first kappa shape index (κ1) is 14.7. The molecule has 1 amide bonds. The number of benzene rings is 1. The van der Waals surface area contributed by atoms with Crippen molar-refractivity contribution in [3.8, 4) is 5.75 Å². The number of rotatable bonds is 3. The van der Waals surface area contributed by atoms with Crippen LogP contribution < -0.4 is 10.1 Å². The van der Waals surface area contributed by atoms with Gasteiger partial charge in [0.1, 0.15) is 18.0 Å². The summed E-state index contributed by atoms with van der Waals surface area (Å²) in [6, 6.07) is 4.93. The van der Waals surface area contributed by atoms with Gasteiger partial charge in [-0.25, -0.2) is 4.79 Å². The molecule has 6 heteroatoms. The van der Waals surface area contributed by atoms with E-state index in [1.807, 2.05) is 13.8 Å². The maximum atomic E-state index is 12.1. The van der Waals surface area contributed by atoms with E-state index in [0.29, 0.717) is 23.4 Å². The highest BCUT2D eigenvalue weighted by Crippen LogP contribution is 2.34. The van der Waals surface area contributed by atoms with Crippen molar-refractivity contribution in [1.82, 2.24) is 0 Å². The van der Waals surface area contributed by atoms with Gasteiger partial charge in [-0.3, -0.25) is 10.1 Å². The lowest BCUT2D eigenvalue weighted by molar-refractivity contribution is 0.0620. The van der Waals surface area contributed by atoms with Crippen molar-refractivity contribution < 1.29 is 19.1 Å². The minimum Gasteiger partial charge on any atom is -0.487 e. The van der Waals surface area contributed by atoms with Crippen LogP contribution in [0.25, 0.3) is 0 Å². The Balaban J connectivity index is 2.14. The maximum absolute atomic E-state index is 12.1. The van der Waals surface area contributed by atoms with E-state index in [9.17, 15) is 9.59 Å². The lowest BCUT2D eigenvalue weighted by Gasteiger charge is -2.31. The smallest absolute Gasteiger partial charge is 0.411 e. The van der Waals surface area contributed by atoms with Crippen LogP contribution in [0, 0.1) is 0 Å². The molecule has 0 fully saturated rings. The quantitative estimate of drug-likeness (QED) is 0.870. The summed E-state index contributed by atoms with van der Waals surface area (Å²) >= 11 is 5.42. The Labute approximate surface area is 122 Å². The Kier molecular flexibility index (Phi) is 4.18. The number of amides is 1. The molecule has 1 aliphatic rings. The molecule has 0 aliphatic carbocycles. The molecule has 0 radical (unpaired) electrons. The van der Waals surface area contributed by atoms with Gasteiger partial charge in [-0.2, -0.15) is 0 Å². The van der Waals surface area contributed by atoms with E-state index in [0.717, 1.165) is 0 Å². The standard InChI is InChI=1S/C14H16ClNO4/c1-14(2)8-11(17)10-7-9(3-4-12(10)20-14)16-13(18)19-6-5-15/h3-4,7H,5-6,8H2,1-2H3,(H,16,18). The number of anilines is 1. The Morgan fingerprint density at radius 3 is 2.95 bits per heavy atom. The second-order valence-corrected chi connectivity index (χ2v) is 5.50. The monoisotopic (exact) mass is 297 g/mol. The summed E-state index contributed by atoms with van der Waals surface area (Å²) in [6.45, 7) is 3.86. The molecule has 0 bridgehead atoms. The zero-order valence-corrected chi connectivity index (χ0v) is 12.1. The molecule has 0 unspecified atom stereocenters. The van der Waals surface area contributed by atoms with Crippen LogP contribution in [0.3, 0.4) is 0 Å². The summed E-state index contributed by atoms with van der Waals surface area (Å²) in [5.74, 6) is 0.763. The molecule has 108 valence electrons. The van der Waals surface area contributed by atoms with Gasteiger partial charge >= 0.3 is 6.09 Å². The van der Waals surface area contributed by atoms with Crippen LogP contribution in [0.4, 0.5) is 10.5 Å². The molecular formula is C14H16ClNO4. The Bertz CT molecular complexity index is 542. The van der Waals surface area contributed by atoms with Gasteiger partial charge in [0.25, 0.3) is 0 Å². The molecule has 5 nitrogen and oxygen atoms in total. The number of hydrogen-bond donors (Lipinski definition) is 1. The van der Waals surface area contributed by atoms with Gasteiger partial charge in [0.2, 0.25) is 0 Å². The van der Waals surface area contributed by atoms with E-state index in [-0.39, 0.29) is 18.3 Å². The number of fused-ring (bicyclic) bond motifs is 1. The highest BCUT2D eigenvalue weighted by atomic mass is 35.5. The number of halogens is 1. The van der Waals surface area contributed by atoms with Crippen molar-refractivity contribution in [3.63, 3.8) is 0 Å². The molecule has 20 heavy (non-hydrogen) atoms. The van der Waals surface area contributed by atoms with E-state index in [1.54, 1.807) is 18.2 Å². The number of hydrogen-bond acceptors (Lipinski definition) is 4. The van der Waals surface area contributed by atoms with Crippen molar-refractivity contribution in [2.45, 2.75) is 25.9 Å². The van der Waals surface area contributed by atoms with Gasteiger partial charge in [-0.15, -0.1) is 11.6 Å². The van der Waals surface area contributed by atoms with Crippen molar-refractivity contribution in [2.24, 2.45) is 0 Å². The van der Waals surface area contributed by atoms with Crippen molar-refractivity contribution in [1.29, 1.82) is 0 Å². The largest absolute Gasteiger partial charge is 0.487 e. The fraction of sp³-hybridized carbons (Fsp3) is 0.429. The number of Topliss-reactive ketones (excluding diaryl/α,β-unsaturated/α-hetero) is 1. The fourth-order valence-electron chi connectivity index (χ4n) is 2.02. The van der Waals surface area contributed by atoms with Crippen LogP contribution in [0.1, 0.15) is 30.6 Å². The lowest BCUT2D eigenvalue weighted by atomic mass is 9.93. The third-order valence-corrected chi connectivity index (χ3v) is 2.96. The van der Waals surface area contributed by atoms with Gasteiger partial charge in [0.15, 0.2) is 5.78 Å². The summed E-state index contributed by atoms with van der Waals surface area (Å²) in [4.78, 5) is 23.5. The summed E-state index contributed by atoms with van der Waals surface area (Å²) < 4.78 is 10.5. The SMILES string of the molecule is CC1(C)CC(=O)c2cc(NC(=O)OCCCl)ccc2O1. The number of nitrogens with one attached hydrogen (secondary N) is 1. The van der Waals surface area contributed by atoms with Gasteiger partial charge in [-0.05, 0) is 32.0 Å². The molecular weight excluding hydrogens is 282 g/mol. The normalized spacial score (nSPS) is 16.1. The number of alkyl halides is 1. The molecule has 0 saturated heterocycles. The first-order valence-corrected chi connectivity index (χ1v) is 6.81. The summed E-state index contributed by atoms with van der Waals surface area (Å²) in [6.07, 6.45) is -0.296.